The smallest absolute Gasteiger partial charge is 0.241 e. The molecule has 0 fully saturated rings. The summed E-state index contributed by atoms with van der Waals surface area (Å²) >= 11 is 0. The van der Waals surface area contributed by atoms with Gasteiger partial charge in [0.05, 0.1) is 11.4 Å². The van der Waals surface area contributed by atoms with Crippen LogP contribution in [0.1, 0.15) is 5.56 Å². The second kappa shape index (κ2) is 6.69. The van der Waals surface area contributed by atoms with Gasteiger partial charge in [-0.2, -0.15) is 0 Å². The zero-order chi connectivity index (χ0) is 18.0. The van der Waals surface area contributed by atoms with Crippen molar-refractivity contribution in [1.82, 2.24) is 4.72 Å². The summed E-state index contributed by atoms with van der Waals surface area (Å²) in [6, 6.07) is 8.16. The number of amides is 1. The van der Waals surface area contributed by atoms with Gasteiger partial charge in [-0.1, -0.05) is 0 Å². The van der Waals surface area contributed by atoms with Crippen molar-refractivity contribution in [2.24, 2.45) is 0 Å². The van der Waals surface area contributed by atoms with Gasteiger partial charge in [-0.3, -0.25) is 4.79 Å². The maximum Gasteiger partial charge on any atom is 0.241 e. The summed E-state index contributed by atoms with van der Waals surface area (Å²) in [5.74, 6) is -0.00925. The Balaban J connectivity index is 1.63. The molecule has 1 amide bonds. The van der Waals surface area contributed by atoms with Crippen LogP contribution in [-0.2, 0) is 14.8 Å². The summed E-state index contributed by atoms with van der Waals surface area (Å²) in [5, 5.41) is 2.56. The maximum atomic E-state index is 13.1. The van der Waals surface area contributed by atoms with Crippen LogP contribution >= 0.6 is 0 Å². The lowest BCUT2D eigenvalue weighted by Crippen LogP contribution is -2.33. The summed E-state index contributed by atoms with van der Waals surface area (Å²) in [5.41, 5.74) is 0.704. The number of carbonyl (C=O) groups is 1. The number of aryl methyl sites for hydroxylation is 1. The standard InChI is InChI=1S/C16H15FN2O5S/c1-10-6-11(17)2-5-15(10)25(21,22)18-8-16(20)19-12-3-4-13-14(7-12)24-9-23-13/h2-7,18H,8-9H2,1H3,(H,19,20). The zero-order valence-electron chi connectivity index (χ0n) is 13.2. The van der Waals surface area contributed by atoms with Crippen LogP contribution in [0.25, 0.3) is 0 Å². The predicted molar refractivity (Wildman–Crippen MR) is 87.5 cm³/mol. The lowest BCUT2D eigenvalue weighted by Gasteiger charge is -2.10. The molecule has 9 heteroatoms. The van der Waals surface area contributed by atoms with E-state index in [2.05, 4.69) is 10.0 Å². The van der Waals surface area contributed by atoms with Gasteiger partial charge in [0.15, 0.2) is 11.5 Å². The van der Waals surface area contributed by atoms with E-state index in [1.165, 1.54) is 6.92 Å². The molecule has 0 saturated heterocycles. The van der Waals surface area contributed by atoms with Gasteiger partial charge < -0.3 is 14.8 Å². The van der Waals surface area contributed by atoms with E-state index in [-0.39, 0.29) is 17.3 Å². The van der Waals surface area contributed by atoms with Crippen molar-refractivity contribution >= 4 is 21.6 Å². The highest BCUT2D eigenvalue weighted by atomic mass is 32.2. The fourth-order valence-electron chi connectivity index (χ4n) is 2.33. The van der Waals surface area contributed by atoms with E-state index in [9.17, 15) is 17.6 Å². The molecule has 0 radical (unpaired) electrons. The van der Waals surface area contributed by atoms with E-state index in [1.54, 1.807) is 18.2 Å². The molecular formula is C16H15FN2O5S. The van der Waals surface area contributed by atoms with Crippen LogP contribution in [0.5, 0.6) is 11.5 Å². The summed E-state index contributed by atoms with van der Waals surface area (Å²) in [4.78, 5) is 11.9. The van der Waals surface area contributed by atoms with Gasteiger partial charge in [0.25, 0.3) is 0 Å². The molecule has 7 nitrogen and oxygen atoms in total. The van der Waals surface area contributed by atoms with E-state index in [0.717, 1.165) is 18.2 Å². The first-order valence-electron chi connectivity index (χ1n) is 7.30. The van der Waals surface area contributed by atoms with E-state index >= 15 is 0 Å². The van der Waals surface area contributed by atoms with Crippen LogP contribution in [0.15, 0.2) is 41.3 Å². The maximum absolute atomic E-state index is 13.1. The minimum atomic E-state index is -3.93. The Morgan fingerprint density at radius 2 is 1.92 bits per heavy atom. The Morgan fingerprint density at radius 1 is 1.16 bits per heavy atom. The quantitative estimate of drug-likeness (QED) is 0.841. The van der Waals surface area contributed by atoms with Crippen molar-refractivity contribution in [3.63, 3.8) is 0 Å². The van der Waals surface area contributed by atoms with Crippen LogP contribution < -0.4 is 19.5 Å². The molecule has 0 aliphatic carbocycles. The third kappa shape index (κ3) is 3.89. The molecule has 0 unspecified atom stereocenters. The lowest BCUT2D eigenvalue weighted by molar-refractivity contribution is -0.115. The Bertz CT molecular complexity index is 930. The molecule has 1 heterocycles. The molecule has 2 aromatic carbocycles. The number of carbonyl (C=O) groups excluding carboxylic acids is 1. The Hall–Kier alpha value is -2.65. The molecule has 132 valence electrons. The Labute approximate surface area is 143 Å². The van der Waals surface area contributed by atoms with Crippen LogP contribution in [0.2, 0.25) is 0 Å². The number of anilines is 1. The number of rotatable bonds is 5. The summed E-state index contributed by atoms with van der Waals surface area (Å²) in [6.07, 6.45) is 0. The number of fused-ring (bicyclic) bond motifs is 1. The molecule has 25 heavy (non-hydrogen) atoms. The van der Waals surface area contributed by atoms with E-state index in [1.807, 2.05) is 0 Å². The molecule has 0 saturated carbocycles. The van der Waals surface area contributed by atoms with Gasteiger partial charge >= 0.3 is 0 Å². The lowest BCUT2D eigenvalue weighted by atomic mass is 10.2. The van der Waals surface area contributed by atoms with Crippen LogP contribution in [0.4, 0.5) is 10.1 Å². The van der Waals surface area contributed by atoms with Gasteiger partial charge in [-0.15, -0.1) is 0 Å². The number of sulfonamides is 1. The third-order valence-electron chi connectivity index (χ3n) is 3.51. The first kappa shape index (κ1) is 17.2. The molecule has 2 aromatic rings. The number of ether oxygens (including phenoxy) is 2. The van der Waals surface area contributed by atoms with E-state index < -0.39 is 28.3 Å². The second-order valence-corrected chi connectivity index (χ2v) is 7.09. The second-order valence-electron chi connectivity index (χ2n) is 5.35. The molecule has 3 rings (SSSR count). The highest BCUT2D eigenvalue weighted by molar-refractivity contribution is 7.89. The Kier molecular flexibility index (Phi) is 4.60. The average Bonchev–Trinajstić information content (AvgIpc) is 3.00. The normalized spacial score (nSPS) is 12.9. The Morgan fingerprint density at radius 3 is 2.68 bits per heavy atom. The number of hydrogen-bond donors (Lipinski definition) is 2. The molecule has 0 spiro atoms. The fourth-order valence-corrected chi connectivity index (χ4v) is 3.54. The average molecular weight is 366 g/mol. The zero-order valence-corrected chi connectivity index (χ0v) is 14.0. The highest BCUT2D eigenvalue weighted by Crippen LogP contribution is 2.34. The van der Waals surface area contributed by atoms with Gasteiger partial charge in [0, 0.05) is 11.8 Å². The minimum Gasteiger partial charge on any atom is -0.454 e. The summed E-state index contributed by atoms with van der Waals surface area (Å²) in [6.45, 7) is 1.13. The van der Waals surface area contributed by atoms with Crippen molar-refractivity contribution in [3.05, 3.63) is 47.8 Å². The molecule has 0 aromatic heterocycles. The SMILES string of the molecule is Cc1cc(F)ccc1S(=O)(=O)NCC(=O)Nc1ccc2c(c1)OCO2. The molecule has 1 aliphatic heterocycles. The van der Waals surface area contributed by atoms with Crippen molar-refractivity contribution in [1.29, 1.82) is 0 Å². The van der Waals surface area contributed by atoms with Crippen molar-refractivity contribution in [2.45, 2.75) is 11.8 Å². The highest BCUT2D eigenvalue weighted by Gasteiger charge is 2.19. The molecule has 2 N–H and O–H groups in total. The van der Waals surface area contributed by atoms with E-state index in [4.69, 9.17) is 9.47 Å². The van der Waals surface area contributed by atoms with Crippen molar-refractivity contribution < 1.29 is 27.1 Å². The van der Waals surface area contributed by atoms with Gasteiger partial charge in [0.1, 0.15) is 5.82 Å². The fraction of sp³-hybridized carbons (Fsp3) is 0.188. The van der Waals surface area contributed by atoms with Crippen LogP contribution in [-0.4, -0.2) is 27.7 Å². The monoisotopic (exact) mass is 366 g/mol. The largest absolute Gasteiger partial charge is 0.454 e. The third-order valence-corrected chi connectivity index (χ3v) is 5.07. The summed E-state index contributed by atoms with van der Waals surface area (Å²) < 4.78 is 50.1. The first-order valence-corrected chi connectivity index (χ1v) is 8.79. The first-order chi connectivity index (χ1) is 11.8. The minimum absolute atomic E-state index is 0.0789. The number of benzene rings is 2. The van der Waals surface area contributed by atoms with E-state index in [0.29, 0.717) is 17.2 Å². The molecular weight excluding hydrogens is 351 g/mol. The van der Waals surface area contributed by atoms with Gasteiger partial charge in [0.2, 0.25) is 22.7 Å². The number of halogens is 1. The molecule has 1 aliphatic rings. The van der Waals surface area contributed by atoms with Gasteiger partial charge in [-0.25, -0.2) is 17.5 Å². The van der Waals surface area contributed by atoms with Crippen molar-refractivity contribution in [3.8, 4) is 11.5 Å². The topological polar surface area (TPSA) is 93.7 Å². The van der Waals surface area contributed by atoms with Crippen LogP contribution in [0.3, 0.4) is 0 Å². The summed E-state index contributed by atoms with van der Waals surface area (Å²) in [7, 11) is -3.93. The van der Waals surface area contributed by atoms with Gasteiger partial charge in [-0.05, 0) is 42.8 Å². The van der Waals surface area contributed by atoms with Crippen molar-refractivity contribution in [2.75, 3.05) is 18.7 Å². The molecule has 0 bridgehead atoms. The number of nitrogens with one attached hydrogen (secondary N) is 2. The van der Waals surface area contributed by atoms with Crippen LogP contribution in [0, 0.1) is 12.7 Å². The number of hydrogen-bond acceptors (Lipinski definition) is 5. The predicted octanol–water partition coefficient (Wildman–Crippen LogP) is 1.78. The molecule has 0 atom stereocenters.